The lowest BCUT2D eigenvalue weighted by atomic mass is 9.77. The molecule has 0 aliphatic carbocycles. The van der Waals surface area contributed by atoms with Crippen LogP contribution in [0.5, 0.6) is 0 Å². The van der Waals surface area contributed by atoms with Crippen LogP contribution in [0.2, 0.25) is 0 Å². The van der Waals surface area contributed by atoms with Gasteiger partial charge in [-0.3, -0.25) is 4.79 Å². The number of amides is 1. The third kappa shape index (κ3) is 6.78. The molecule has 3 fully saturated rings. The van der Waals surface area contributed by atoms with Crippen molar-refractivity contribution >= 4 is 23.4 Å². The molecule has 4 heterocycles. The van der Waals surface area contributed by atoms with Crippen LogP contribution in [-0.4, -0.2) is 103 Å². The third-order valence-electron chi connectivity index (χ3n) is 10.3. The van der Waals surface area contributed by atoms with E-state index in [1.54, 1.807) is 11.0 Å². The number of carbonyl (C=O) groups is 1. The number of anilines is 2. The molecule has 4 aliphatic heterocycles. The number of nitrogens with zero attached hydrogens (tertiary/aromatic N) is 3. The topological polar surface area (TPSA) is 88.5 Å². The van der Waals surface area contributed by atoms with E-state index in [2.05, 4.69) is 40.2 Å². The van der Waals surface area contributed by atoms with Crippen molar-refractivity contribution in [1.82, 2.24) is 9.80 Å². The molecule has 3 saturated heterocycles. The van der Waals surface area contributed by atoms with Crippen molar-refractivity contribution in [3.63, 3.8) is 0 Å². The summed E-state index contributed by atoms with van der Waals surface area (Å²) in [6.45, 7) is 11.0. The molecule has 8 heteroatoms. The van der Waals surface area contributed by atoms with Crippen LogP contribution < -0.4 is 10.2 Å². The Hall–Kier alpha value is -2.91. The number of hydrogen-bond donors (Lipinski definition) is 3. The van der Waals surface area contributed by atoms with Crippen LogP contribution in [0.1, 0.15) is 55.2 Å². The van der Waals surface area contributed by atoms with E-state index in [-0.39, 0.29) is 5.91 Å². The molecule has 43 heavy (non-hydrogen) atoms. The Morgan fingerprint density at radius 2 is 1.81 bits per heavy atom. The van der Waals surface area contributed by atoms with Crippen molar-refractivity contribution < 1.29 is 19.7 Å². The van der Waals surface area contributed by atoms with Gasteiger partial charge in [-0.2, -0.15) is 0 Å². The number of aryl methyl sites for hydroxylation is 1. The molecule has 4 aliphatic rings. The number of aliphatic hydroxyl groups is 2. The smallest absolute Gasteiger partial charge is 0.246 e. The fourth-order valence-corrected chi connectivity index (χ4v) is 7.65. The predicted octanol–water partition coefficient (Wildman–Crippen LogP) is 3.87. The summed E-state index contributed by atoms with van der Waals surface area (Å²) in [5.74, 6) is 1.02. The van der Waals surface area contributed by atoms with Gasteiger partial charge in [0.15, 0.2) is 0 Å². The van der Waals surface area contributed by atoms with Crippen molar-refractivity contribution in [3.05, 3.63) is 65.2 Å². The summed E-state index contributed by atoms with van der Waals surface area (Å²) in [5, 5.41) is 26.3. The molecule has 0 spiro atoms. The fourth-order valence-electron chi connectivity index (χ4n) is 7.65. The number of nitrogens with one attached hydrogen (secondary N) is 1. The van der Waals surface area contributed by atoms with Gasteiger partial charge < -0.3 is 35.0 Å². The van der Waals surface area contributed by atoms with Crippen LogP contribution in [-0.2, 0) is 9.53 Å². The second kappa shape index (κ2) is 13.0. The summed E-state index contributed by atoms with van der Waals surface area (Å²) >= 11 is 0. The van der Waals surface area contributed by atoms with Crippen LogP contribution in [0.3, 0.4) is 0 Å². The molecule has 8 nitrogen and oxygen atoms in total. The Kier molecular flexibility index (Phi) is 9.10. The van der Waals surface area contributed by atoms with Crippen LogP contribution in [0.4, 0.5) is 11.4 Å². The maximum atomic E-state index is 12.8. The quantitative estimate of drug-likeness (QED) is 0.424. The van der Waals surface area contributed by atoms with Crippen molar-refractivity contribution in [2.24, 2.45) is 5.92 Å². The van der Waals surface area contributed by atoms with Gasteiger partial charge in [-0.05, 0) is 93.9 Å². The van der Waals surface area contributed by atoms with E-state index < -0.39 is 11.7 Å². The van der Waals surface area contributed by atoms with E-state index >= 15 is 0 Å². The number of fused-ring (bicyclic) bond motifs is 1. The first-order chi connectivity index (χ1) is 20.8. The molecular formula is C35H48N4O4. The van der Waals surface area contributed by atoms with Gasteiger partial charge >= 0.3 is 0 Å². The van der Waals surface area contributed by atoms with E-state index in [9.17, 15) is 15.0 Å². The van der Waals surface area contributed by atoms with Gasteiger partial charge in [-0.1, -0.05) is 29.8 Å². The summed E-state index contributed by atoms with van der Waals surface area (Å²) in [6.07, 6.45) is 5.58. The minimum atomic E-state index is -1.16. The number of morpholine rings is 1. The van der Waals surface area contributed by atoms with E-state index in [1.165, 1.54) is 16.9 Å². The van der Waals surface area contributed by atoms with Gasteiger partial charge in [-0.25, -0.2) is 0 Å². The number of hydrogen-bond acceptors (Lipinski definition) is 7. The van der Waals surface area contributed by atoms with Crippen LogP contribution in [0.15, 0.2) is 48.5 Å². The van der Waals surface area contributed by atoms with Crippen molar-refractivity contribution in [3.8, 4) is 0 Å². The van der Waals surface area contributed by atoms with Crippen LogP contribution in [0.25, 0.3) is 6.08 Å². The molecule has 2 aromatic rings. The second-order valence-electron chi connectivity index (χ2n) is 13.2. The Bertz CT molecular complexity index is 1290. The summed E-state index contributed by atoms with van der Waals surface area (Å²) in [6, 6.07) is 15.3. The normalized spacial score (nSPS) is 25.5. The number of likely N-dealkylation sites (tertiary alicyclic amines) is 2. The second-order valence-corrected chi connectivity index (χ2v) is 13.2. The number of benzene rings is 2. The first kappa shape index (κ1) is 30.1. The lowest BCUT2D eigenvalue weighted by Gasteiger charge is -2.43. The highest BCUT2D eigenvalue weighted by molar-refractivity contribution is 5.91. The summed E-state index contributed by atoms with van der Waals surface area (Å²) < 4.78 is 5.56. The van der Waals surface area contributed by atoms with Crippen LogP contribution >= 0.6 is 0 Å². The lowest BCUT2D eigenvalue weighted by Crippen LogP contribution is -2.56. The molecule has 0 radical (unpaired) electrons. The highest BCUT2D eigenvalue weighted by Gasteiger charge is 2.42. The van der Waals surface area contributed by atoms with Gasteiger partial charge in [0.2, 0.25) is 5.91 Å². The lowest BCUT2D eigenvalue weighted by molar-refractivity contribution is -0.140. The van der Waals surface area contributed by atoms with Gasteiger partial charge in [0.1, 0.15) is 0 Å². The molecule has 1 amide bonds. The highest BCUT2D eigenvalue weighted by Crippen LogP contribution is 2.45. The van der Waals surface area contributed by atoms with Crippen molar-refractivity contribution in [2.45, 2.75) is 63.2 Å². The zero-order valence-electron chi connectivity index (χ0n) is 25.8. The summed E-state index contributed by atoms with van der Waals surface area (Å²) in [4.78, 5) is 19.3. The standard InChI is InChI=1S/C35H48N4O4/c1-25-4-3-5-27(22-25)6-9-33(41)39-16-12-35(42,13-17-39)32(40)24-37-14-10-28(11-15-37)34-26(2)36-31-8-7-29(23-30(31)34)38-18-20-43-21-19-38/h3-9,22-23,26,28,32,34,36,40,42H,10-21,24H2,1-2H3/b9-6+. The maximum Gasteiger partial charge on any atom is 0.246 e. The molecule has 3 atom stereocenters. The van der Waals surface area contributed by atoms with Gasteiger partial charge in [0.25, 0.3) is 0 Å². The summed E-state index contributed by atoms with van der Waals surface area (Å²) in [7, 11) is 0. The molecule has 6 rings (SSSR count). The molecule has 3 N–H and O–H groups in total. The van der Waals surface area contributed by atoms with E-state index in [4.69, 9.17) is 4.74 Å². The monoisotopic (exact) mass is 588 g/mol. The Labute approximate surface area is 256 Å². The zero-order chi connectivity index (χ0) is 30.0. The molecular weight excluding hydrogens is 540 g/mol. The molecule has 3 unspecified atom stereocenters. The first-order valence-electron chi connectivity index (χ1n) is 16.2. The highest BCUT2D eigenvalue weighted by atomic mass is 16.5. The molecule has 2 aromatic carbocycles. The van der Waals surface area contributed by atoms with Crippen LogP contribution in [0, 0.1) is 12.8 Å². The molecule has 232 valence electrons. The molecule has 0 saturated carbocycles. The summed E-state index contributed by atoms with van der Waals surface area (Å²) in [5.41, 5.74) is 5.01. The zero-order valence-corrected chi connectivity index (χ0v) is 25.8. The average Bonchev–Trinajstić information content (AvgIpc) is 3.36. The Morgan fingerprint density at radius 3 is 2.53 bits per heavy atom. The number of carbonyl (C=O) groups excluding carboxylic acids is 1. The van der Waals surface area contributed by atoms with Crippen molar-refractivity contribution in [2.75, 3.05) is 69.2 Å². The number of ether oxygens (including phenoxy) is 1. The minimum Gasteiger partial charge on any atom is -0.389 e. The Balaban J connectivity index is 0.993. The van der Waals surface area contributed by atoms with E-state index in [1.807, 2.05) is 37.3 Å². The maximum absolute atomic E-state index is 12.8. The Morgan fingerprint density at radius 1 is 1.07 bits per heavy atom. The number of β-amino-alcohol motifs (C(OH)–C–C–N with tert-alkyl or cyclic N) is 1. The van der Waals surface area contributed by atoms with E-state index in [0.717, 1.165) is 63.4 Å². The number of rotatable bonds is 7. The largest absolute Gasteiger partial charge is 0.389 e. The first-order valence-corrected chi connectivity index (χ1v) is 16.2. The third-order valence-corrected chi connectivity index (χ3v) is 10.3. The van der Waals surface area contributed by atoms with Gasteiger partial charge in [0, 0.05) is 62.1 Å². The van der Waals surface area contributed by atoms with E-state index in [0.29, 0.717) is 50.4 Å². The van der Waals surface area contributed by atoms with Gasteiger partial charge in [0.05, 0.1) is 24.9 Å². The molecule has 0 aromatic heterocycles. The van der Waals surface area contributed by atoms with Crippen molar-refractivity contribution in [1.29, 1.82) is 0 Å². The van der Waals surface area contributed by atoms with Gasteiger partial charge in [-0.15, -0.1) is 0 Å². The average molecular weight is 589 g/mol. The fraction of sp³-hybridized carbons (Fsp3) is 0.571. The number of piperidine rings is 2. The minimum absolute atomic E-state index is 0.0469. The number of aliphatic hydroxyl groups excluding tert-OH is 1. The predicted molar refractivity (Wildman–Crippen MR) is 171 cm³/mol. The SMILES string of the molecule is Cc1cccc(/C=C/C(=O)N2CCC(O)(C(O)CN3CCC(C4c5cc(N6CCOCC6)ccc5NC4C)CC3)CC2)c1. The molecule has 0 bridgehead atoms.